The maximum Gasteiger partial charge on any atom is 0.245 e. The Morgan fingerprint density at radius 3 is 2.76 bits per heavy atom. The fraction of sp³-hybridized carbons (Fsp3) is 0.412. The van der Waals surface area contributed by atoms with E-state index in [2.05, 4.69) is 57.7 Å². The number of carbonyl (C=O) groups is 1. The minimum atomic E-state index is -0.720. The van der Waals surface area contributed by atoms with Gasteiger partial charge < -0.3 is 4.90 Å². The summed E-state index contributed by atoms with van der Waals surface area (Å²) in [7, 11) is 0. The van der Waals surface area contributed by atoms with Crippen LogP contribution in [0.3, 0.4) is 0 Å². The highest BCUT2D eigenvalue weighted by atomic mass is 35.5. The Bertz CT molecular complexity index is 1980. The first-order valence-electron chi connectivity index (χ1n) is 15.7. The molecule has 1 atom stereocenters. The van der Waals surface area contributed by atoms with E-state index in [9.17, 15) is 9.18 Å². The molecule has 5 aromatic rings. The summed E-state index contributed by atoms with van der Waals surface area (Å²) in [5, 5.41) is 20.3. The van der Waals surface area contributed by atoms with Crippen LogP contribution in [0, 0.1) is 19.3 Å². The van der Waals surface area contributed by atoms with Crippen molar-refractivity contribution in [2.24, 2.45) is 5.41 Å². The van der Waals surface area contributed by atoms with Crippen molar-refractivity contribution in [3.05, 3.63) is 65.6 Å². The van der Waals surface area contributed by atoms with Crippen molar-refractivity contribution in [3.63, 3.8) is 0 Å². The van der Waals surface area contributed by atoms with Crippen LogP contribution in [0.2, 0.25) is 5.02 Å². The predicted octanol–water partition coefficient (Wildman–Crippen LogP) is 6.11. The Kier molecular flexibility index (Phi) is 6.65. The lowest BCUT2D eigenvalue weighted by Gasteiger charge is -2.58. The number of nitrogens with one attached hydrogen (secondary N) is 1. The Hall–Kier alpha value is -4.02. The summed E-state index contributed by atoms with van der Waals surface area (Å²) in [6.45, 7) is 12.1. The number of aromatic amines is 1. The zero-order chi connectivity index (χ0) is 31.0. The van der Waals surface area contributed by atoms with Gasteiger partial charge in [-0.05, 0) is 62.9 Å². The minimum absolute atomic E-state index is 0.00490. The molecule has 1 amide bonds. The average Bonchev–Trinajstić information content (AvgIpc) is 3.77. The second-order valence-corrected chi connectivity index (χ2v) is 13.7. The van der Waals surface area contributed by atoms with Crippen molar-refractivity contribution in [2.45, 2.75) is 51.9 Å². The number of carbonyl (C=O) groups excluding carboxylic acids is 1. The number of halogens is 2. The molecule has 2 aromatic carbocycles. The van der Waals surface area contributed by atoms with Crippen LogP contribution in [-0.4, -0.2) is 84.4 Å². The quantitative estimate of drug-likeness (QED) is 0.220. The molecule has 1 spiro atoms. The van der Waals surface area contributed by atoms with Crippen LogP contribution in [-0.2, 0) is 11.3 Å². The molecular formula is C34H36ClFN8O. The van der Waals surface area contributed by atoms with Crippen LogP contribution >= 0.6 is 11.6 Å². The Balaban J connectivity index is 1.17. The van der Waals surface area contributed by atoms with Crippen molar-refractivity contribution in [1.29, 1.82) is 0 Å². The van der Waals surface area contributed by atoms with Gasteiger partial charge >= 0.3 is 0 Å². The molecule has 1 unspecified atom stereocenters. The molecule has 1 N–H and O–H groups in total. The van der Waals surface area contributed by atoms with Gasteiger partial charge in [0.15, 0.2) is 0 Å². The molecule has 0 radical (unpaired) electrons. The largest absolute Gasteiger partial charge is 0.338 e. The van der Waals surface area contributed by atoms with Crippen molar-refractivity contribution < 1.29 is 9.18 Å². The molecule has 3 fully saturated rings. The first-order chi connectivity index (χ1) is 21.7. The van der Waals surface area contributed by atoms with Gasteiger partial charge in [-0.15, -0.1) is 0 Å². The van der Waals surface area contributed by atoms with Crippen molar-refractivity contribution in [1.82, 2.24) is 39.6 Å². The van der Waals surface area contributed by atoms with E-state index in [1.165, 1.54) is 6.08 Å². The highest BCUT2D eigenvalue weighted by Crippen LogP contribution is 2.55. The van der Waals surface area contributed by atoms with E-state index in [4.69, 9.17) is 21.8 Å². The van der Waals surface area contributed by atoms with Crippen LogP contribution in [0.5, 0.6) is 0 Å². The number of rotatable bonds is 7. The number of likely N-dealkylation sites (tertiary alicyclic amines) is 2. The third kappa shape index (κ3) is 4.68. The zero-order valence-corrected chi connectivity index (χ0v) is 26.3. The van der Waals surface area contributed by atoms with Crippen LogP contribution in [0.4, 0.5) is 4.39 Å². The van der Waals surface area contributed by atoms with Gasteiger partial charge in [-0.1, -0.05) is 24.2 Å². The highest BCUT2D eigenvalue weighted by molar-refractivity contribution is 6.36. The summed E-state index contributed by atoms with van der Waals surface area (Å²) < 4.78 is 17.8. The molecule has 0 bridgehead atoms. The van der Waals surface area contributed by atoms with Gasteiger partial charge in [0, 0.05) is 77.5 Å². The maximum absolute atomic E-state index is 13.7. The van der Waals surface area contributed by atoms with Gasteiger partial charge in [0.25, 0.3) is 0 Å². The van der Waals surface area contributed by atoms with Crippen LogP contribution in [0.1, 0.15) is 36.6 Å². The summed E-state index contributed by atoms with van der Waals surface area (Å²) in [5.41, 5.74) is 7.86. The number of hydrogen-bond donors (Lipinski definition) is 1. The molecular weight excluding hydrogens is 591 g/mol. The van der Waals surface area contributed by atoms with Crippen molar-refractivity contribution in [3.8, 4) is 22.4 Å². The Morgan fingerprint density at radius 1 is 1.18 bits per heavy atom. The molecule has 2 aliphatic heterocycles. The number of fused-ring (bicyclic) bond motifs is 2. The number of H-pyrrole nitrogens is 1. The number of nitrogens with zero attached hydrogens (tertiary/aromatic N) is 7. The number of hydrogen-bond acceptors (Lipinski definition) is 5. The molecule has 232 valence electrons. The van der Waals surface area contributed by atoms with Gasteiger partial charge in [-0.3, -0.25) is 24.2 Å². The standard InChI is InChI=1S/C34H36ClFN8O/c1-4-29(45)42-18-34(19-42)13-25(14-34)44-21(3)30(31-26-15-37-38-28(26)11-20(2)32(31)35)33(40-44)22-5-6-27-23(12-22)16-43(39-27)10-9-41-8-7-24(36)17-41/h4-6,11-12,15-16,24-25H,1,7-10,13-14,17-19H2,2-3H3,(H,37,38). The van der Waals surface area contributed by atoms with Gasteiger partial charge in [0.05, 0.1) is 34.8 Å². The molecule has 2 saturated heterocycles. The Labute approximate surface area is 265 Å². The smallest absolute Gasteiger partial charge is 0.245 e. The van der Waals surface area contributed by atoms with Crippen LogP contribution in [0.25, 0.3) is 44.2 Å². The normalized spacial score (nSPS) is 19.9. The molecule has 1 saturated carbocycles. The van der Waals surface area contributed by atoms with E-state index < -0.39 is 6.17 Å². The third-order valence-corrected chi connectivity index (χ3v) is 10.7. The number of alkyl halides is 1. The lowest BCUT2D eigenvalue weighted by Crippen LogP contribution is -2.63. The fourth-order valence-corrected chi connectivity index (χ4v) is 8.06. The van der Waals surface area contributed by atoms with Crippen molar-refractivity contribution in [2.75, 3.05) is 32.7 Å². The molecule has 3 aliphatic rings. The topological polar surface area (TPSA) is 87.9 Å². The number of amides is 1. The van der Waals surface area contributed by atoms with Gasteiger partial charge in [-0.2, -0.15) is 15.3 Å². The summed E-state index contributed by atoms with van der Waals surface area (Å²) >= 11 is 7.10. The lowest BCUT2D eigenvalue weighted by molar-refractivity contribution is -0.149. The highest BCUT2D eigenvalue weighted by Gasteiger charge is 2.54. The predicted molar refractivity (Wildman–Crippen MR) is 174 cm³/mol. The van der Waals surface area contributed by atoms with Crippen LogP contribution < -0.4 is 0 Å². The lowest BCUT2D eigenvalue weighted by atomic mass is 9.60. The summed E-state index contributed by atoms with van der Waals surface area (Å²) in [5.74, 6) is 0.00490. The van der Waals surface area contributed by atoms with E-state index in [0.717, 1.165) is 94.5 Å². The molecule has 3 aromatic heterocycles. The second kappa shape index (κ2) is 10.5. The molecule has 45 heavy (non-hydrogen) atoms. The monoisotopic (exact) mass is 626 g/mol. The van der Waals surface area contributed by atoms with E-state index in [0.29, 0.717) is 24.5 Å². The van der Waals surface area contributed by atoms with E-state index >= 15 is 0 Å². The van der Waals surface area contributed by atoms with Gasteiger partial charge in [-0.25, -0.2) is 4.39 Å². The molecule has 11 heteroatoms. The summed E-state index contributed by atoms with van der Waals surface area (Å²) in [6.07, 6.45) is 7.16. The van der Waals surface area contributed by atoms with E-state index in [1.54, 1.807) is 0 Å². The van der Waals surface area contributed by atoms with Crippen molar-refractivity contribution >= 4 is 39.3 Å². The van der Waals surface area contributed by atoms with Gasteiger partial charge in [0.2, 0.25) is 5.91 Å². The summed E-state index contributed by atoms with van der Waals surface area (Å²) in [4.78, 5) is 16.1. The SMILES string of the molecule is C=CC(=O)N1CC2(CC(n3nc(-c4ccc5nn(CCN6CCC(F)C6)cc5c4)c(-c4c(Cl)c(C)cc5[nH]ncc45)c3C)C2)C1. The van der Waals surface area contributed by atoms with E-state index in [-0.39, 0.29) is 17.4 Å². The maximum atomic E-state index is 13.7. The number of benzene rings is 2. The first kappa shape index (κ1) is 28.5. The van der Waals surface area contributed by atoms with Gasteiger partial charge in [0.1, 0.15) is 11.9 Å². The number of aromatic nitrogens is 6. The molecule has 5 heterocycles. The zero-order valence-electron chi connectivity index (χ0n) is 25.6. The summed E-state index contributed by atoms with van der Waals surface area (Å²) in [6, 6.07) is 8.57. The van der Waals surface area contributed by atoms with Crippen LogP contribution in [0.15, 0.2) is 49.3 Å². The van der Waals surface area contributed by atoms with E-state index in [1.807, 2.05) is 28.8 Å². The Morgan fingerprint density at radius 2 is 2.00 bits per heavy atom. The third-order valence-electron chi connectivity index (χ3n) is 10.2. The number of aryl methyl sites for hydroxylation is 1. The minimum Gasteiger partial charge on any atom is -0.338 e. The molecule has 1 aliphatic carbocycles. The average molecular weight is 627 g/mol. The fourth-order valence-electron chi connectivity index (χ4n) is 7.81. The second-order valence-electron chi connectivity index (χ2n) is 13.3. The first-order valence-corrected chi connectivity index (χ1v) is 16.1. The molecule has 8 rings (SSSR count). The molecule has 9 nitrogen and oxygen atoms in total.